The van der Waals surface area contributed by atoms with Crippen molar-refractivity contribution in [1.29, 1.82) is 0 Å². The molecule has 1 rings (SSSR count). The van der Waals surface area contributed by atoms with Crippen LogP contribution in [0.1, 0.15) is 26.2 Å². The van der Waals surface area contributed by atoms with Crippen LogP contribution < -0.4 is 16.0 Å². The number of nitrogens with one attached hydrogen (secondary N) is 3. The van der Waals surface area contributed by atoms with Gasteiger partial charge in [0.1, 0.15) is 0 Å². The molecule has 1 aliphatic rings. The van der Waals surface area contributed by atoms with Gasteiger partial charge in [-0.15, -0.1) is 0 Å². The van der Waals surface area contributed by atoms with Gasteiger partial charge in [-0.1, -0.05) is 0 Å². The molecule has 0 atom stereocenters. The summed E-state index contributed by atoms with van der Waals surface area (Å²) in [6.45, 7) is 7.66. The second-order valence-corrected chi connectivity index (χ2v) is 5.90. The van der Waals surface area contributed by atoms with Crippen LogP contribution in [0.25, 0.3) is 0 Å². The molecule has 23 heavy (non-hydrogen) atoms. The van der Waals surface area contributed by atoms with Crippen molar-refractivity contribution in [2.24, 2.45) is 10.9 Å². The van der Waals surface area contributed by atoms with Crippen LogP contribution in [0.2, 0.25) is 0 Å². The van der Waals surface area contributed by atoms with E-state index in [1.165, 1.54) is 0 Å². The number of carbonyl (C=O) groups is 1. The Balaban J connectivity index is 2.14. The maximum Gasteiger partial charge on any atom is 0.223 e. The highest BCUT2D eigenvalue weighted by atomic mass is 16.5. The van der Waals surface area contributed by atoms with E-state index in [1.807, 2.05) is 6.92 Å². The second kappa shape index (κ2) is 12.1. The summed E-state index contributed by atoms with van der Waals surface area (Å²) < 4.78 is 5.05. The summed E-state index contributed by atoms with van der Waals surface area (Å²) in [5, 5.41) is 9.41. The van der Waals surface area contributed by atoms with Gasteiger partial charge in [0.05, 0.1) is 6.54 Å². The molecular weight excluding hydrogens is 294 g/mol. The molecule has 134 valence electrons. The maximum absolute atomic E-state index is 11.5. The number of nitrogens with zero attached hydrogens (tertiary/aromatic N) is 2. The molecule has 0 saturated heterocycles. The average molecular weight is 327 g/mol. The zero-order valence-electron chi connectivity index (χ0n) is 14.9. The molecule has 0 heterocycles. The van der Waals surface area contributed by atoms with E-state index in [2.05, 4.69) is 32.9 Å². The lowest BCUT2D eigenvalue weighted by Crippen LogP contribution is -2.42. The lowest BCUT2D eigenvalue weighted by Gasteiger charge is -2.16. The standard InChI is InChI=1S/C16H33N5O2/c1-4-17-16(19-9-8-18-15(22)14-6-7-14)20-10-12-21(2)11-5-13-23-3/h14H,4-13H2,1-3H3,(H,18,22)(H2,17,19,20). The molecule has 1 saturated carbocycles. The molecule has 0 aliphatic heterocycles. The molecule has 1 aliphatic carbocycles. The molecule has 3 N–H and O–H groups in total. The molecule has 0 unspecified atom stereocenters. The molecule has 0 spiro atoms. The molecule has 0 aromatic carbocycles. The lowest BCUT2D eigenvalue weighted by molar-refractivity contribution is -0.122. The van der Waals surface area contributed by atoms with Gasteiger partial charge in [-0.2, -0.15) is 0 Å². The first-order chi connectivity index (χ1) is 11.2. The largest absolute Gasteiger partial charge is 0.385 e. The smallest absolute Gasteiger partial charge is 0.223 e. The Kier molecular flexibility index (Phi) is 10.4. The highest BCUT2D eigenvalue weighted by Gasteiger charge is 2.28. The number of guanidine groups is 1. The summed E-state index contributed by atoms with van der Waals surface area (Å²) in [5.74, 6) is 1.26. The molecule has 0 radical (unpaired) electrons. The summed E-state index contributed by atoms with van der Waals surface area (Å²) in [5.41, 5.74) is 0. The van der Waals surface area contributed by atoms with Gasteiger partial charge in [-0.3, -0.25) is 9.79 Å². The van der Waals surface area contributed by atoms with Crippen LogP contribution in [0.3, 0.4) is 0 Å². The molecule has 1 fully saturated rings. The minimum Gasteiger partial charge on any atom is -0.385 e. The maximum atomic E-state index is 11.5. The Morgan fingerprint density at radius 3 is 2.61 bits per heavy atom. The van der Waals surface area contributed by atoms with E-state index in [0.29, 0.717) is 13.1 Å². The number of ether oxygens (including phenoxy) is 1. The fourth-order valence-corrected chi connectivity index (χ4v) is 2.12. The summed E-state index contributed by atoms with van der Waals surface area (Å²) in [4.78, 5) is 18.3. The Morgan fingerprint density at radius 1 is 1.22 bits per heavy atom. The van der Waals surface area contributed by atoms with Crippen LogP contribution in [0.5, 0.6) is 0 Å². The Labute approximate surface area is 140 Å². The topological polar surface area (TPSA) is 78.0 Å². The van der Waals surface area contributed by atoms with Crippen LogP contribution in [-0.2, 0) is 9.53 Å². The van der Waals surface area contributed by atoms with E-state index >= 15 is 0 Å². The number of likely N-dealkylation sites (N-methyl/N-ethyl adjacent to an activating group) is 1. The van der Waals surface area contributed by atoms with Crippen LogP contribution in [0.4, 0.5) is 0 Å². The Morgan fingerprint density at radius 2 is 1.96 bits per heavy atom. The third-order valence-corrected chi connectivity index (χ3v) is 3.65. The lowest BCUT2D eigenvalue weighted by atomic mass is 10.4. The van der Waals surface area contributed by atoms with Gasteiger partial charge in [0, 0.05) is 52.4 Å². The normalized spacial score (nSPS) is 14.9. The third kappa shape index (κ3) is 10.1. The molecule has 7 heteroatoms. The fourth-order valence-electron chi connectivity index (χ4n) is 2.12. The number of carbonyl (C=O) groups excluding carboxylic acids is 1. The zero-order chi connectivity index (χ0) is 16.9. The second-order valence-electron chi connectivity index (χ2n) is 5.90. The molecule has 0 aromatic heterocycles. The van der Waals surface area contributed by atoms with E-state index in [1.54, 1.807) is 7.11 Å². The van der Waals surface area contributed by atoms with E-state index < -0.39 is 0 Å². The van der Waals surface area contributed by atoms with Gasteiger partial charge in [0.15, 0.2) is 5.96 Å². The van der Waals surface area contributed by atoms with Crippen molar-refractivity contribution in [2.45, 2.75) is 26.2 Å². The van der Waals surface area contributed by atoms with Gasteiger partial charge < -0.3 is 25.6 Å². The van der Waals surface area contributed by atoms with Gasteiger partial charge in [0.25, 0.3) is 0 Å². The predicted molar refractivity (Wildman–Crippen MR) is 93.7 cm³/mol. The van der Waals surface area contributed by atoms with Gasteiger partial charge in [0.2, 0.25) is 5.91 Å². The first-order valence-corrected chi connectivity index (χ1v) is 8.64. The molecular formula is C16H33N5O2. The number of amides is 1. The van der Waals surface area contributed by atoms with E-state index in [0.717, 1.165) is 58.0 Å². The van der Waals surface area contributed by atoms with Gasteiger partial charge in [-0.25, -0.2) is 0 Å². The first-order valence-electron chi connectivity index (χ1n) is 8.64. The van der Waals surface area contributed by atoms with Crippen molar-refractivity contribution < 1.29 is 9.53 Å². The van der Waals surface area contributed by atoms with E-state index in [4.69, 9.17) is 4.74 Å². The SMILES string of the molecule is CCNC(=NCCN(C)CCCOC)NCCNC(=O)C1CC1. The van der Waals surface area contributed by atoms with Crippen molar-refractivity contribution in [1.82, 2.24) is 20.9 Å². The van der Waals surface area contributed by atoms with Gasteiger partial charge >= 0.3 is 0 Å². The number of aliphatic imine (C=N–C) groups is 1. The number of methoxy groups -OCH3 is 1. The highest BCUT2D eigenvalue weighted by Crippen LogP contribution is 2.28. The van der Waals surface area contributed by atoms with Crippen LogP contribution in [0, 0.1) is 5.92 Å². The number of hydrogen-bond acceptors (Lipinski definition) is 4. The summed E-state index contributed by atoms with van der Waals surface area (Å²) >= 11 is 0. The quantitative estimate of drug-likeness (QED) is 0.268. The van der Waals surface area contributed by atoms with Crippen LogP contribution in [-0.4, -0.2) is 76.8 Å². The Bertz CT molecular complexity index is 358. The van der Waals surface area contributed by atoms with Crippen molar-refractivity contribution in [2.75, 3.05) is 60.0 Å². The number of rotatable bonds is 12. The summed E-state index contributed by atoms with van der Waals surface area (Å²) in [6.07, 6.45) is 3.12. The van der Waals surface area contributed by atoms with Crippen LogP contribution >= 0.6 is 0 Å². The van der Waals surface area contributed by atoms with Crippen LogP contribution in [0.15, 0.2) is 4.99 Å². The first kappa shape index (κ1) is 19.7. The number of hydrogen-bond donors (Lipinski definition) is 3. The van der Waals surface area contributed by atoms with Gasteiger partial charge in [-0.05, 0) is 33.2 Å². The van der Waals surface area contributed by atoms with Crippen molar-refractivity contribution >= 4 is 11.9 Å². The monoisotopic (exact) mass is 327 g/mol. The molecule has 7 nitrogen and oxygen atoms in total. The molecule has 0 bridgehead atoms. The third-order valence-electron chi connectivity index (χ3n) is 3.65. The van der Waals surface area contributed by atoms with Crippen molar-refractivity contribution in [3.8, 4) is 0 Å². The molecule has 1 amide bonds. The summed E-state index contributed by atoms with van der Waals surface area (Å²) in [6, 6.07) is 0. The highest BCUT2D eigenvalue weighted by molar-refractivity contribution is 5.81. The van der Waals surface area contributed by atoms with Crippen molar-refractivity contribution in [3.63, 3.8) is 0 Å². The van der Waals surface area contributed by atoms with E-state index in [9.17, 15) is 4.79 Å². The Hall–Kier alpha value is -1.34. The average Bonchev–Trinajstić information content (AvgIpc) is 3.36. The zero-order valence-corrected chi connectivity index (χ0v) is 14.9. The fraction of sp³-hybridized carbons (Fsp3) is 0.875. The minimum absolute atomic E-state index is 0.187. The summed E-state index contributed by atoms with van der Waals surface area (Å²) in [7, 11) is 3.82. The van der Waals surface area contributed by atoms with E-state index in [-0.39, 0.29) is 11.8 Å². The van der Waals surface area contributed by atoms with Crippen molar-refractivity contribution in [3.05, 3.63) is 0 Å². The minimum atomic E-state index is 0.187. The molecule has 0 aromatic rings. The predicted octanol–water partition coefficient (Wildman–Crippen LogP) is 0.0360.